The highest BCUT2D eigenvalue weighted by molar-refractivity contribution is 9.10. The molecule has 0 atom stereocenters. The van der Waals surface area contributed by atoms with Gasteiger partial charge in [0.1, 0.15) is 6.61 Å². The third-order valence-corrected chi connectivity index (χ3v) is 6.48. The number of methoxy groups -OCH3 is 1. The molecular formula is C22H17BrN2O3S2. The van der Waals surface area contributed by atoms with Crippen molar-refractivity contribution in [3.8, 4) is 11.5 Å². The number of thiocarbonyl (C=S) groups is 1. The summed E-state index contributed by atoms with van der Waals surface area (Å²) >= 11 is 10.0. The Bertz CT molecular complexity index is 1150. The molecule has 0 N–H and O–H groups in total. The second-order valence-electron chi connectivity index (χ2n) is 6.47. The van der Waals surface area contributed by atoms with Gasteiger partial charge in [0.2, 0.25) is 0 Å². The number of hydrazone groups is 1. The second kappa shape index (κ2) is 9.16. The van der Waals surface area contributed by atoms with Crippen LogP contribution in [-0.4, -0.2) is 34.3 Å². The Morgan fingerprint density at radius 3 is 2.80 bits per heavy atom. The number of benzene rings is 3. The number of hydrogen-bond acceptors (Lipinski definition) is 6. The summed E-state index contributed by atoms with van der Waals surface area (Å²) in [4.78, 5) is 11.8. The molecule has 1 heterocycles. The van der Waals surface area contributed by atoms with E-state index in [-0.39, 0.29) is 5.91 Å². The maximum Gasteiger partial charge on any atom is 0.259 e. The Balaban J connectivity index is 1.56. The summed E-state index contributed by atoms with van der Waals surface area (Å²) in [7, 11) is 1.59. The van der Waals surface area contributed by atoms with Crippen LogP contribution in [-0.2, 0) is 11.4 Å². The Morgan fingerprint density at radius 1 is 1.23 bits per heavy atom. The third-order valence-electron chi connectivity index (χ3n) is 4.55. The van der Waals surface area contributed by atoms with Crippen molar-refractivity contribution in [1.29, 1.82) is 0 Å². The van der Waals surface area contributed by atoms with Gasteiger partial charge in [-0.3, -0.25) is 4.79 Å². The number of carbonyl (C=O) groups excluding carboxylic acids is 1. The van der Waals surface area contributed by atoms with E-state index < -0.39 is 0 Å². The predicted octanol–water partition coefficient (Wildman–Crippen LogP) is 5.38. The van der Waals surface area contributed by atoms with E-state index >= 15 is 0 Å². The number of carbonyl (C=O) groups is 1. The summed E-state index contributed by atoms with van der Waals surface area (Å²) in [5, 5.41) is 7.78. The number of nitrogens with zero attached hydrogens (tertiary/aromatic N) is 2. The number of rotatable bonds is 6. The molecule has 4 rings (SSSR count). The zero-order chi connectivity index (χ0) is 21.1. The van der Waals surface area contributed by atoms with Gasteiger partial charge < -0.3 is 9.47 Å². The van der Waals surface area contributed by atoms with Crippen LogP contribution >= 0.6 is 39.9 Å². The first-order valence-corrected chi connectivity index (χ1v) is 11.3. The number of thioether (sulfide) groups is 1. The van der Waals surface area contributed by atoms with Crippen LogP contribution in [0.1, 0.15) is 11.1 Å². The van der Waals surface area contributed by atoms with Gasteiger partial charge in [-0.2, -0.15) is 10.1 Å². The van der Waals surface area contributed by atoms with E-state index in [0.717, 1.165) is 21.0 Å². The van der Waals surface area contributed by atoms with E-state index in [9.17, 15) is 4.79 Å². The molecule has 0 saturated carbocycles. The Morgan fingerprint density at radius 2 is 2.03 bits per heavy atom. The monoisotopic (exact) mass is 500 g/mol. The lowest BCUT2D eigenvalue weighted by Gasteiger charge is -2.15. The quantitative estimate of drug-likeness (QED) is 0.335. The Kier molecular flexibility index (Phi) is 6.36. The average Bonchev–Trinajstić information content (AvgIpc) is 3.08. The molecule has 30 heavy (non-hydrogen) atoms. The number of halogens is 1. The molecule has 1 aliphatic heterocycles. The van der Waals surface area contributed by atoms with Crippen LogP contribution < -0.4 is 9.47 Å². The molecule has 0 bridgehead atoms. The van der Waals surface area contributed by atoms with E-state index in [1.165, 1.54) is 22.2 Å². The normalized spacial score (nSPS) is 14.1. The van der Waals surface area contributed by atoms with Crippen LogP contribution in [0.5, 0.6) is 11.5 Å². The molecule has 5 nitrogen and oxygen atoms in total. The molecule has 1 amide bonds. The number of fused-ring (bicyclic) bond motifs is 1. The second-order valence-corrected chi connectivity index (χ2v) is 8.93. The molecule has 1 saturated heterocycles. The lowest BCUT2D eigenvalue weighted by Crippen LogP contribution is -2.22. The molecule has 0 unspecified atom stereocenters. The fourth-order valence-corrected chi connectivity index (χ4v) is 4.65. The summed E-state index contributed by atoms with van der Waals surface area (Å²) in [5.74, 6) is 1.37. The van der Waals surface area contributed by atoms with Crippen LogP contribution in [0, 0.1) is 0 Å². The lowest BCUT2D eigenvalue weighted by molar-refractivity contribution is -0.123. The van der Waals surface area contributed by atoms with Crippen molar-refractivity contribution in [2.75, 3.05) is 12.9 Å². The van der Waals surface area contributed by atoms with Crippen molar-refractivity contribution in [3.63, 3.8) is 0 Å². The maximum absolute atomic E-state index is 11.8. The van der Waals surface area contributed by atoms with E-state index in [0.29, 0.717) is 28.2 Å². The molecule has 0 aromatic heterocycles. The van der Waals surface area contributed by atoms with Gasteiger partial charge in [0.25, 0.3) is 5.91 Å². The number of amides is 1. The van der Waals surface area contributed by atoms with E-state index in [1.807, 2.05) is 30.3 Å². The summed E-state index contributed by atoms with van der Waals surface area (Å²) in [6.07, 6.45) is 1.58. The zero-order valence-electron chi connectivity index (χ0n) is 16.0. The Labute approximate surface area is 192 Å². The number of hydrogen-bond donors (Lipinski definition) is 0. The van der Waals surface area contributed by atoms with E-state index in [4.69, 9.17) is 21.7 Å². The van der Waals surface area contributed by atoms with Crippen molar-refractivity contribution in [3.05, 3.63) is 70.2 Å². The van der Waals surface area contributed by atoms with Crippen LogP contribution in [0.2, 0.25) is 0 Å². The van der Waals surface area contributed by atoms with Crippen LogP contribution in [0.4, 0.5) is 0 Å². The minimum atomic E-state index is -0.123. The SMILES string of the molecule is COc1cc(/C=N/N2C(=O)CSC2=S)cc(Br)c1OCc1cccc2ccccc12. The first kappa shape index (κ1) is 20.8. The van der Waals surface area contributed by atoms with E-state index in [2.05, 4.69) is 45.3 Å². The molecule has 3 aromatic carbocycles. The molecule has 1 fully saturated rings. The van der Waals surface area contributed by atoms with Gasteiger partial charge in [0.15, 0.2) is 15.8 Å². The molecular weight excluding hydrogens is 484 g/mol. The largest absolute Gasteiger partial charge is 0.493 e. The van der Waals surface area contributed by atoms with Crippen molar-refractivity contribution in [1.82, 2.24) is 5.01 Å². The summed E-state index contributed by atoms with van der Waals surface area (Å²) in [5.41, 5.74) is 1.84. The minimum Gasteiger partial charge on any atom is -0.493 e. The van der Waals surface area contributed by atoms with Gasteiger partial charge in [-0.25, -0.2) is 0 Å². The molecule has 1 aliphatic rings. The molecule has 3 aromatic rings. The Hall–Kier alpha value is -2.42. The van der Waals surface area contributed by atoms with Crippen LogP contribution in [0.3, 0.4) is 0 Å². The molecule has 8 heteroatoms. The van der Waals surface area contributed by atoms with Crippen LogP contribution in [0.15, 0.2) is 64.2 Å². The van der Waals surface area contributed by atoms with Crippen molar-refractivity contribution < 1.29 is 14.3 Å². The van der Waals surface area contributed by atoms with E-state index in [1.54, 1.807) is 13.3 Å². The highest BCUT2D eigenvalue weighted by atomic mass is 79.9. The average molecular weight is 501 g/mol. The standard InChI is InChI=1S/C22H17BrN2O3S2/c1-27-19-10-14(11-24-25-20(26)13-30-22(25)29)9-18(23)21(19)28-12-16-7-4-6-15-5-2-3-8-17(15)16/h2-11H,12-13H2,1H3/b24-11+. The third kappa shape index (κ3) is 4.35. The van der Waals surface area contributed by atoms with Crippen molar-refractivity contribution in [2.24, 2.45) is 5.10 Å². The van der Waals surface area contributed by atoms with Gasteiger partial charge in [-0.15, -0.1) is 0 Å². The zero-order valence-corrected chi connectivity index (χ0v) is 19.2. The summed E-state index contributed by atoms with van der Waals surface area (Å²) in [6.45, 7) is 0.400. The molecule has 0 spiro atoms. The van der Waals surface area contributed by atoms with Crippen molar-refractivity contribution >= 4 is 67.1 Å². The molecule has 0 radical (unpaired) electrons. The molecule has 152 valence electrons. The first-order valence-electron chi connectivity index (χ1n) is 9.07. The van der Waals surface area contributed by atoms with Gasteiger partial charge in [-0.1, -0.05) is 66.4 Å². The smallest absolute Gasteiger partial charge is 0.259 e. The lowest BCUT2D eigenvalue weighted by atomic mass is 10.1. The predicted molar refractivity (Wildman–Crippen MR) is 128 cm³/mol. The maximum atomic E-state index is 11.8. The van der Waals surface area contributed by atoms with Crippen LogP contribution in [0.25, 0.3) is 10.8 Å². The fourth-order valence-electron chi connectivity index (χ4n) is 3.11. The fraction of sp³-hybridized carbons (Fsp3) is 0.136. The number of ether oxygens (including phenoxy) is 2. The topological polar surface area (TPSA) is 51.1 Å². The summed E-state index contributed by atoms with van der Waals surface area (Å²) in [6, 6.07) is 18.0. The summed E-state index contributed by atoms with van der Waals surface area (Å²) < 4.78 is 12.8. The highest BCUT2D eigenvalue weighted by Gasteiger charge is 2.26. The van der Waals surface area contributed by atoms with Gasteiger partial charge in [0, 0.05) is 0 Å². The van der Waals surface area contributed by atoms with Gasteiger partial charge in [0.05, 0.1) is 23.5 Å². The molecule has 0 aliphatic carbocycles. The van der Waals surface area contributed by atoms with Crippen molar-refractivity contribution in [2.45, 2.75) is 6.61 Å². The van der Waals surface area contributed by atoms with Gasteiger partial charge >= 0.3 is 0 Å². The van der Waals surface area contributed by atoms with Gasteiger partial charge in [-0.05, 0) is 50.0 Å². The minimum absolute atomic E-state index is 0.123. The highest BCUT2D eigenvalue weighted by Crippen LogP contribution is 2.37. The first-order chi connectivity index (χ1) is 14.6.